The van der Waals surface area contributed by atoms with Gasteiger partial charge in [0.2, 0.25) is 0 Å². The third kappa shape index (κ3) is 8.96. The van der Waals surface area contributed by atoms with Crippen molar-refractivity contribution in [2.75, 3.05) is 11.5 Å². The summed E-state index contributed by atoms with van der Waals surface area (Å²) in [5.74, 6) is -0.0161. The average Bonchev–Trinajstić information content (AvgIpc) is 3.34. The molecule has 6 heteroatoms. The zero-order valence-electron chi connectivity index (χ0n) is 20.4. The number of nitrogens with zero attached hydrogens (tertiary/aromatic N) is 2. The van der Waals surface area contributed by atoms with Crippen LogP contribution in [0.4, 0.5) is 0 Å². The number of hydrogen-bond acceptors (Lipinski definition) is 4. The number of aromatic nitrogens is 2. The number of thioether (sulfide) groups is 2. The monoisotopic (exact) mass is 506 g/mol. The van der Waals surface area contributed by atoms with Gasteiger partial charge in [0, 0.05) is 24.7 Å². The normalized spacial score (nSPS) is 11.4. The van der Waals surface area contributed by atoms with Gasteiger partial charge >= 0.3 is 5.97 Å². The summed E-state index contributed by atoms with van der Waals surface area (Å²) in [6.45, 7) is 8.75. The highest BCUT2D eigenvalue weighted by Crippen LogP contribution is 2.44. The molecule has 3 rings (SSSR count). The third-order valence-corrected chi connectivity index (χ3v) is 7.45. The average molecular weight is 507 g/mol. The Morgan fingerprint density at radius 2 is 1.74 bits per heavy atom. The van der Waals surface area contributed by atoms with Crippen LogP contribution < -0.4 is 0 Å². The van der Waals surface area contributed by atoms with Gasteiger partial charge in [-0.15, -0.1) is 11.8 Å². The van der Waals surface area contributed by atoms with E-state index in [-0.39, 0.29) is 10.5 Å². The fourth-order valence-corrected chi connectivity index (χ4v) is 5.52. The fraction of sp³-hybridized carbons (Fsp3) is 0.241. The van der Waals surface area contributed by atoms with Crippen LogP contribution in [0.25, 0.3) is 0 Å². The molecule has 3 aromatic rings. The number of hydrogen-bond donors (Lipinski definition) is 1. The van der Waals surface area contributed by atoms with Crippen LogP contribution in [0.1, 0.15) is 31.4 Å². The third-order valence-electron chi connectivity index (χ3n) is 5.01. The van der Waals surface area contributed by atoms with Crippen molar-refractivity contribution < 1.29 is 9.90 Å². The van der Waals surface area contributed by atoms with Gasteiger partial charge in [-0.3, -0.25) is 4.79 Å². The van der Waals surface area contributed by atoms with Crippen LogP contribution in [0, 0.1) is 0 Å². The van der Waals surface area contributed by atoms with Crippen molar-refractivity contribution in [1.29, 1.82) is 0 Å². The number of rotatable bonds is 12. The minimum Gasteiger partial charge on any atom is -0.481 e. The molecule has 1 heterocycles. The van der Waals surface area contributed by atoms with E-state index in [2.05, 4.69) is 85.2 Å². The van der Waals surface area contributed by atoms with Gasteiger partial charge in [0.05, 0.1) is 10.5 Å². The van der Waals surface area contributed by atoms with Crippen molar-refractivity contribution in [2.45, 2.75) is 36.7 Å². The Balaban J connectivity index is 0.000000784. The predicted octanol–water partition coefficient (Wildman–Crippen LogP) is 7.45. The molecule has 0 amide bonds. The van der Waals surface area contributed by atoms with Gasteiger partial charge in [-0.05, 0) is 24.5 Å². The molecule has 0 spiro atoms. The van der Waals surface area contributed by atoms with E-state index >= 15 is 0 Å². The molecule has 0 aliphatic heterocycles. The van der Waals surface area contributed by atoms with E-state index in [4.69, 9.17) is 5.11 Å². The summed E-state index contributed by atoms with van der Waals surface area (Å²) < 4.78 is 1.66. The molecule has 0 saturated heterocycles. The van der Waals surface area contributed by atoms with E-state index in [9.17, 15) is 4.79 Å². The lowest BCUT2D eigenvalue weighted by molar-refractivity contribution is -0.133. The maximum atomic E-state index is 10.9. The molecule has 35 heavy (non-hydrogen) atoms. The number of aryl methyl sites for hydroxylation is 1. The Kier molecular flexibility index (Phi) is 12.8. The molecule has 0 unspecified atom stereocenters. The summed E-state index contributed by atoms with van der Waals surface area (Å²) in [6.07, 6.45) is 15.0. The Bertz CT molecular complexity index is 1040. The van der Waals surface area contributed by atoms with Gasteiger partial charge in [0.1, 0.15) is 0 Å². The first-order chi connectivity index (χ1) is 17.1. The number of allylic oxidation sites excluding steroid dienone is 4. The van der Waals surface area contributed by atoms with E-state index in [1.54, 1.807) is 12.3 Å². The Labute approximate surface area is 217 Å². The quantitative estimate of drug-likeness (QED) is 0.157. The highest BCUT2D eigenvalue weighted by Gasteiger charge is 2.31. The number of carboxylic acids is 1. The SMILES string of the molecule is C/C=C\CC.C=C/C=C/C(SCCn1ccnc1SCC(=O)O)(c1ccccc1)c1ccccc1. The second kappa shape index (κ2) is 15.8. The van der Waals surface area contributed by atoms with Crippen LogP contribution in [-0.2, 0) is 16.1 Å². The van der Waals surface area contributed by atoms with Gasteiger partial charge < -0.3 is 9.67 Å². The lowest BCUT2D eigenvalue weighted by atomic mass is 9.89. The molecule has 0 bridgehead atoms. The maximum Gasteiger partial charge on any atom is 0.313 e. The van der Waals surface area contributed by atoms with Crippen LogP contribution >= 0.6 is 23.5 Å². The zero-order chi connectivity index (χ0) is 25.4. The molecule has 0 saturated carbocycles. The van der Waals surface area contributed by atoms with Crippen LogP contribution in [-0.4, -0.2) is 32.1 Å². The van der Waals surface area contributed by atoms with E-state index < -0.39 is 5.97 Å². The first-order valence-electron chi connectivity index (χ1n) is 11.6. The van der Waals surface area contributed by atoms with Gasteiger partial charge in [-0.2, -0.15) is 0 Å². The molecular formula is C29H34N2O2S2. The first kappa shape index (κ1) is 28.3. The molecule has 0 fully saturated rings. The van der Waals surface area contributed by atoms with Gasteiger partial charge in [-0.1, -0.05) is 116 Å². The second-order valence-electron chi connectivity index (χ2n) is 7.47. The predicted molar refractivity (Wildman–Crippen MR) is 151 cm³/mol. The molecule has 0 aliphatic rings. The zero-order valence-corrected chi connectivity index (χ0v) is 22.0. The minimum atomic E-state index is -0.842. The van der Waals surface area contributed by atoms with Crippen LogP contribution in [0.3, 0.4) is 0 Å². The maximum absolute atomic E-state index is 10.9. The Morgan fingerprint density at radius 3 is 2.23 bits per heavy atom. The summed E-state index contributed by atoms with van der Waals surface area (Å²) in [6, 6.07) is 20.9. The summed E-state index contributed by atoms with van der Waals surface area (Å²) in [5, 5.41) is 9.67. The second-order valence-corrected chi connectivity index (χ2v) is 9.76. The Morgan fingerprint density at radius 1 is 1.11 bits per heavy atom. The van der Waals surface area contributed by atoms with Crippen molar-refractivity contribution in [3.05, 3.63) is 121 Å². The first-order valence-corrected chi connectivity index (χ1v) is 13.6. The molecule has 4 nitrogen and oxygen atoms in total. The summed E-state index contributed by atoms with van der Waals surface area (Å²) in [5.41, 5.74) is 2.40. The number of carboxylic acid groups (broad SMARTS) is 1. The molecule has 184 valence electrons. The number of benzene rings is 2. The van der Waals surface area contributed by atoms with E-state index in [1.165, 1.54) is 22.9 Å². The number of imidazole rings is 1. The van der Waals surface area contributed by atoms with Gasteiger partial charge in [-0.25, -0.2) is 4.98 Å². The molecule has 2 aromatic carbocycles. The smallest absolute Gasteiger partial charge is 0.313 e. The van der Waals surface area contributed by atoms with Crippen molar-refractivity contribution >= 4 is 29.5 Å². The fourth-order valence-electron chi connectivity index (χ4n) is 3.42. The largest absolute Gasteiger partial charge is 0.481 e. The number of carbonyl (C=O) groups is 1. The molecule has 0 radical (unpaired) electrons. The lowest BCUT2D eigenvalue weighted by Crippen LogP contribution is -2.22. The van der Waals surface area contributed by atoms with E-state index in [1.807, 2.05) is 47.7 Å². The molecule has 0 atom stereocenters. The van der Waals surface area contributed by atoms with Crippen molar-refractivity contribution in [1.82, 2.24) is 9.55 Å². The topological polar surface area (TPSA) is 55.1 Å². The number of aliphatic carboxylic acids is 1. The van der Waals surface area contributed by atoms with Crippen LogP contribution in [0.15, 0.2) is 115 Å². The van der Waals surface area contributed by atoms with Crippen LogP contribution in [0.5, 0.6) is 0 Å². The standard InChI is InChI=1S/C24H24N2O2S2.C5H10/c1-2-3-14-24(20-10-6-4-7-11-20,21-12-8-5-9-13-21)30-18-17-26-16-15-25-23(26)29-19-22(27)28;1-3-5-4-2/h2-16H,1,17-19H2,(H,27,28);3,5H,4H2,1-2H3/b14-3+;5-3-. The van der Waals surface area contributed by atoms with Crippen molar-refractivity contribution in [2.24, 2.45) is 0 Å². The molecule has 0 aliphatic carbocycles. The minimum absolute atomic E-state index is 0.00416. The summed E-state index contributed by atoms with van der Waals surface area (Å²) >= 11 is 3.08. The Hall–Kier alpha value is -2.96. The summed E-state index contributed by atoms with van der Waals surface area (Å²) in [4.78, 5) is 15.2. The lowest BCUT2D eigenvalue weighted by Gasteiger charge is -2.32. The van der Waals surface area contributed by atoms with Gasteiger partial charge in [0.15, 0.2) is 5.16 Å². The highest BCUT2D eigenvalue weighted by molar-refractivity contribution is 8.00. The van der Waals surface area contributed by atoms with E-state index in [0.717, 1.165) is 23.9 Å². The summed E-state index contributed by atoms with van der Waals surface area (Å²) in [7, 11) is 0. The molecule has 1 N–H and O–H groups in total. The van der Waals surface area contributed by atoms with Gasteiger partial charge in [0.25, 0.3) is 0 Å². The van der Waals surface area contributed by atoms with E-state index in [0.29, 0.717) is 0 Å². The highest BCUT2D eigenvalue weighted by atomic mass is 32.2. The van der Waals surface area contributed by atoms with Crippen LogP contribution in [0.2, 0.25) is 0 Å². The molecular weight excluding hydrogens is 472 g/mol. The van der Waals surface area contributed by atoms with Crippen molar-refractivity contribution in [3.63, 3.8) is 0 Å². The van der Waals surface area contributed by atoms with Crippen molar-refractivity contribution in [3.8, 4) is 0 Å². The molecule has 1 aromatic heterocycles.